The molecule has 0 radical (unpaired) electrons. The molecule has 0 saturated heterocycles. The summed E-state index contributed by atoms with van der Waals surface area (Å²) in [5, 5.41) is 12.5. The lowest BCUT2D eigenvalue weighted by Gasteiger charge is -2.23. The number of aliphatic hydroxyl groups is 1. The number of hydrogen-bond acceptors (Lipinski definition) is 3. The van der Waals surface area contributed by atoms with Gasteiger partial charge in [0.2, 0.25) is 0 Å². The first-order valence-corrected chi connectivity index (χ1v) is 6.51. The van der Waals surface area contributed by atoms with Crippen LogP contribution >= 0.6 is 0 Å². The Hall–Kier alpha value is -0.900. The van der Waals surface area contributed by atoms with Crippen LogP contribution < -0.4 is 5.32 Å². The molecule has 0 aliphatic carbocycles. The van der Waals surface area contributed by atoms with Crippen molar-refractivity contribution in [2.75, 3.05) is 20.3 Å². The molecule has 1 aromatic rings. The van der Waals surface area contributed by atoms with Gasteiger partial charge in [-0.2, -0.15) is 0 Å². The van der Waals surface area contributed by atoms with Crippen LogP contribution in [0.3, 0.4) is 0 Å². The fourth-order valence-electron chi connectivity index (χ4n) is 2.06. The van der Waals surface area contributed by atoms with E-state index in [0.29, 0.717) is 13.0 Å². The highest BCUT2D eigenvalue weighted by Gasteiger charge is 2.13. The van der Waals surface area contributed by atoms with Crippen LogP contribution in [0, 0.1) is 13.8 Å². The minimum absolute atomic E-state index is 0.181. The van der Waals surface area contributed by atoms with Crippen LogP contribution in [0.15, 0.2) is 18.2 Å². The van der Waals surface area contributed by atoms with Crippen LogP contribution in [0.4, 0.5) is 0 Å². The van der Waals surface area contributed by atoms with Crippen LogP contribution in [-0.4, -0.2) is 31.5 Å². The predicted octanol–water partition coefficient (Wildman–Crippen LogP) is 2.35. The topological polar surface area (TPSA) is 41.5 Å². The average molecular weight is 251 g/mol. The van der Waals surface area contributed by atoms with E-state index in [1.54, 1.807) is 7.11 Å². The lowest BCUT2D eigenvalue weighted by molar-refractivity contribution is 0.143. The predicted molar refractivity (Wildman–Crippen MR) is 74.8 cm³/mol. The van der Waals surface area contributed by atoms with Crippen LogP contribution in [0.25, 0.3) is 0 Å². The van der Waals surface area contributed by atoms with Crippen molar-refractivity contribution in [3.63, 3.8) is 0 Å². The molecular formula is C15H25NO2. The summed E-state index contributed by atoms with van der Waals surface area (Å²) in [6, 6.07) is 6.98. The number of aryl methyl sites for hydroxylation is 2. The van der Waals surface area contributed by atoms with Gasteiger partial charge in [-0.05, 0) is 43.9 Å². The van der Waals surface area contributed by atoms with Crippen molar-refractivity contribution in [3.05, 3.63) is 34.9 Å². The fourth-order valence-corrected chi connectivity index (χ4v) is 2.06. The molecule has 1 aromatic carbocycles. The van der Waals surface area contributed by atoms with E-state index in [1.807, 2.05) is 0 Å². The summed E-state index contributed by atoms with van der Waals surface area (Å²) in [7, 11) is 1.69. The second-order valence-electron chi connectivity index (χ2n) is 4.90. The average Bonchev–Trinajstić information content (AvgIpc) is 2.33. The molecular weight excluding hydrogens is 226 g/mol. The molecule has 0 fully saturated rings. The number of benzene rings is 1. The summed E-state index contributed by atoms with van der Waals surface area (Å²) in [5.74, 6) is 0. The first-order chi connectivity index (χ1) is 8.58. The normalized spacial score (nSPS) is 14.5. The van der Waals surface area contributed by atoms with E-state index in [9.17, 15) is 0 Å². The zero-order chi connectivity index (χ0) is 13.5. The van der Waals surface area contributed by atoms with Gasteiger partial charge in [0.25, 0.3) is 0 Å². The molecule has 1 rings (SSSR count). The van der Waals surface area contributed by atoms with Gasteiger partial charge in [-0.1, -0.05) is 18.2 Å². The van der Waals surface area contributed by atoms with E-state index in [0.717, 1.165) is 0 Å². The van der Waals surface area contributed by atoms with Crippen molar-refractivity contribution in [3.8, 4) is 0 Å². The Balaban J connectivity index is 2.67. The molecule has 2 atom stereocenters. The van der Waals surface area contributed by atoms with Crippen LogP contribution in [0.5, 0.6) is 0 Å². The van der Waals surface area contributed by atoms with E-state index >= 15 is 0 Å². The lowest BCUT2D eigenvalue weighted by Crippen LogP contribution is -2.36. The molecule has 102 valence electrons. The molecule has 0 spiro atoms. The van der Waals surface area contributed by atoms with Crippen LogP contribution in [0.2, 0.25) is 0 Å². The summed E-state index contributed by atoms with van der Waals surface area (Å²) in [6.45, 7) is 7.20. The van der Waals surface area contributed by atoms with Crippen molar-refractivity contribution in [2.24, 2.45) is 0 Å². The molecule has 2 unspecified atom stereocenters. The second-order valence-corrected chi connectivity index (χ2v) is 4.90. The number of nitrogens with one attached hydrogen (secondary N) is 1. The van der Waals surface area contributed by atoms with Crippen molar-refractivity contribution >= 4 is 0 Å². The molecule has 3 heteroatoms. The van der Waals surface area contributed by atoms with Crippen molar-refractivity contribution in [2.45, 2.75) is 39.3 Å². The number of rotatable bonds is 7. The number of hydrogen-bond donors (Lipinski definition) is 2. The third-order valence-electron chi connectivity index (χ3n) is 3.36. The van der Waals surface area contributed by atoms with Gasteiger partial charge in [0.15, 0.2) is 0 Å². The molecule has 0 aliphatic heterocycles. The smallest absolute Gasteiger partial charge is 0.0616 e. The zero-order valence-corrected chi connectivity index (χ0v) is 11.9. The maximum Gasteiger partial charge on any atom is 0.0616 e. The monoisotopic (exact) mass is 251 g/mol. The van der Waals surface area contributed by atoms with Gasteiger partial charge in [-0.3, -0.25) is 0 Å². The largest absolute Gasteiger partial charge is 0.396 e. The Morgan fingerprint density at radius 1 is 1.28 bits per heavy atom. The van der Waals surface area contributed by atoms with Gasteiger partial charge in [0, 0.05) is 25.8 Å². The third-order valence-corrected chi connectivity index (χ3v) is 3.36. The van der Waals surface area contributed by atoms with Crippen LogP contribution in [-0.2, 0) is 4.74 Å². The SMILES string of the molecule is COCC(CCO)NC(C)c1ccc(C)c(C)c1. The fraction of sp³-hybridized carbons (Fsp3) is 0.600. The molecule has 18 heavy (non-hydrogen) atoms. The lowest BCUT2D eigenvalue weighted by atomic mass is 10.0. The summed E-state index contributed by atoms with van der Waals surface area (Å²) < 4.78 is 5.16. The Labute approximate surface area is 110 Å². The molecule has 0 aliphatic rings. The zero-order valence-electron chi connectivity index (χ0n) is 11.9. The first-order valence-electron chi connectivity index (χ1n) is 6.51. The van der Waals surface area contributed by atoms with Gasteiger partial charge >= 0.3 is 0 Å². The highest BCUT2D eigenvalue weighted by molar-refractivity contribution is 5.31. The van der Waals surface area contributed by atoms with Crippen molar-refractivity contribution in [1.29, 1.82) is 0 Å². The standard InChI is InChI=1S/C15H25NO2/c1-11-5-6-14(9-12(11)2)13(3)16-15(7-8-17)10-18-4/h5-6,9,13,15-17H,7-8,10H2,1-4H3. The Morgan fingerprint density at radius 2 is 2.00 bits per heavy atom. The molecule has 0 bridgehead atoms. The van der Waals surface area contributed by atoms with E-state index in [1.165, 1.54) is 16.7 Å². The maximum atomic E-state index is 9.03. The molecule has 0 saturated carbocycles. The highest BCUT2D eigenvalue weighted by atomic mass is 16.5. The minimum atomic E-state index is 0.181. The number of methoxy groups -OCH3 is 1. The van der Waals surface area contributed by atoms with Crippen molar-refractivity contribution < 1.29 is 9.84 Å². The third kappa shape index (κ3) is 4.41. The second kappa shape index (κ2) is 7.52. The van der Waals surface area contributed by atoms with Gasteiger partial charge in [-0.25, -0.2) is 0 Å². The van der Waals surface area contributed by atoms with E-state index < -0.39 is 0 Å². The number of aliphatic hydroxyl groups excluding tert-OH is 1. The summed E-state index contributed by atoms with van der Waals surface area (Å²) in [4.78, 5) is 0. The molecule has 0 heterocycles. The molecule has 2 N–H and O–H groups in total. The highest BCUT2D eigenvalue weighted by Crippen LogP contribution is 2.17. The van der Waals surface area contributed by atoms with Gasteiger partial charge < -0.3 is 15.2 Å². The van der Waals surface area contributed by atoms with E-state index in [4.69, 9.17) is 9.84 Å². The van der Waals surface area contributed by atoms with E-state index in [-0.39, 0.29) is 18.7 Å². The molecule has 3 nitrogen and oxygen atoms in total. The molecule has 0 amide bonds. The number of ether oxygens (including phenoxy) is 1. The quantitative estimate of drug-likeness (QED) is 0.781. The van der Waals surface area contributed by atoms with Gasteiger partial charge in [0.1, 0.15) is 0 Å². The first kappa shape index (κ1) is 15.2. The summed E-state index contributed by atoms with van der Waals surface area (Å²) in [6.07, 6.45) is 0.711. The Kier molecular flexibility index (Phi) is 6.33. The molecule has 0 aromatic heterocycles. The van der Waals surface area contributed by atoms with Crippen LogP contribution in [0.1, 0.15) is 36.1 Å². The van der Waals surface area contributed by atoms with E-state index in [2.05, 4.69) is 44.3 Å². The van der Waals surface area contributed by atoms with Gasteiger partial charge in [-0.15, -0.1) is 0 Å². The summed E-state index contributed by atoms with van der Waals surface area (Å²) in [5.41, 5.74) is 3.90. The minimum Gasteiger partial charge on any atom is -0.396 e. The Morgan fingerprint density at radius 3 is 2.56 bits per heavy atom. The maximum absolute atomic E-state index is 9.03. The van der Waals surface area contributed by atoms with Crippen molar-refractivity contribution in [1.82, 2.24) is 5.32 Å². The summed E-state index contributed by atoms with van der Waals surface area (Å²) >= 11 is 0. The Bertz CT molecular complexity index is 360. The van der Waals surface area contributed by atoms with Gasteiger partial charge in [0.05, 0.1) is 6.61 Å².